The zero-order chi connectivity index (χ0) is 16.9. The molecule has 3 rings (SSSR count). The molecule has 2 aromatic heterocycles. The molecule has 122 valence electrons. The Bertz CT molecular complexity index is 805. The van der Waals surface area contributed by atoms with Gasteiger partial charge in [-0.2, -0.15) is 5.10 Å². The number of nitrogens with one attached hydrogen (secondary N) is 1. The highest BCUT2D eigenvalue weighted by atomic mass is 35.5. The molecule has 2 heterocycles. The van der Waals surface area contributed by atoms with Gasteiger partial charge >= 0.3 is 5.69 Å². The largest absolute Gasteiger partial charge is 0.352 e. The van der Waals surface area contributed by atoms with Crippen LogP contribution in [0.2, 0.25) is 5.02 Å². The Morgan fingerprint density at radius 2 is 1.96 bits per heavy atom. The molecule has 0 saturated heterocycles. The summed E-state index contributed by atoms with van der Waals surface area (Å²) in [6, 6.07) is 9.22. The van der Waals surface area contributed by atoms with Gasteiger partial charge in [-0.05, 0) is 23.8 Å². The summed E-state index contributed by atoms with van der Waals surface area (Å²) in [4.78, 5) is 18.0. The molecule has 24 heavy (non-hydrogen) atoms. The Labute approximate surface area is 142 Å². The van der Waals surface area contributed by atoms with E-state index in [1.165, 1.54) is 12.4 Å². The monoisotopic (exact) mass is 344 g/mol. The van der Waals surface area contributed by atoms with E-state index in [2.05, 4.69) is 20.4 Å². The first-order chi connectivity index (χ1) is 11.6. The summed E-state index contributed by atoms with van der Waals surface area (Å²) >= 11 is 5.94. The van der Waals surface area contributed by atoms with Crippen molar-refractivity contribution in [3.8, 4) is 0 Å². The van der Waals surface area contributed by atoms with Gasteiger partial charge in [0.05, 0.1) is 11.0 Å². The van der Waals surface area contributed by atoms with E-state index in [0.29, 0.717) is 17.5 Å². The normalized spacial score (nSPS) is 11.9. The number of anilines is 1. The number of hydrogen-bond acceptors (Lipinski definition) is 6. The first kappa shape index (κ1) is 15.9. The molecule has 0 aliphatic carbocycles. The van der Waals surface area contributed by atoms with Gasteiger partial charge in [-0.3, -0.25) is 14.8 Å². The van der Waals surface area contributed by atoms with E-state index in [1.54, 1.807) is 6.20 Å². The van der Waals surface area contributed by atoms with Gasteiger partial charge in [0, 0.05) is 24.0 Å². The first-order valence-electron chi connectivity index (χ1n) is 7.08. The van der Waals surface area contributed by atoms with Crippen molar-refractivity contribution in [3.05, 3.63) is 75.8 Å². The van der Waals surface area contributed by atoms with E-state index in [4.69, 9.17) is 11.6 Å². The fourth-order valence-electron chi connectivity index (χ4n) is 2.21. The lowest BCUT2D eigenvalue weighted by atomic mass is 10.1. The minimum Gasteiger partial charge on any atom is -0.352 e. The van der Waals surface area contributed by atoms with Crippen LogP contribution >= 0.6 is 11.6 Å². The molecular weight excluding hydrogens is 332 g/mol. The van der Waals surface area contributed by atoms with E-state index in [0.717, 1.165) is 5.56 Å². The van der Waals surface area contributed by atoms with Crippen molar-refractivity contribution in [2.75, 3.05) is 11.9 Å². The summed E-state index contributed by atoms with van der Waals surface area (Å²) in [5.74, 6) is 0.312. The van der Waals surface area contributed by atoms with Gasteiger partial charge in [0.2, 0.25) is 5.95 Å². The smallest absolute Gasteiger partial charge is 0.305 e. The fourth-order valence-corrected chi connectivity index (χ4v) is 2.33. The lowest BCUT2D eigenvalue weighted by Crippen LogP contribution is -2.21. The first-order valence-corrected chi connectivity index (χ1v) is 7.46. The van der Waals surface area contributed by atoms with E-state index >= 15 is 0 Å². The Balaban J connectivity index is 1.77. The van der Waals surface area contributed by atoms with Gasteiger partial charge in [0.25, 0.3) is 0 Å². The maximum Gasteiger partial charge on any atom is 0.305 e. The third kappa shape index (κ3) is 3.66. The third-order valence-corrected chi connectivity index (χ3v) is 3.65. The second-order valence-electron chi connectivity index (χ2n) is 4.96. The van der Waals surface area contributed by atoms with Crippen molar-refractivity contribution in [2.45, 2.75) is 6.04 Å². The van der Waals surface area contributed by atoms with Crippen LogP contribution < -0.4 is 5.32 Å². The molecule has 0 radical (unpaired) electrons. The van der Waals surface area contributed by atoms with Crippen LogP contribution in [0.5, 0.6) is 0 Å². The lowest BCUT2D eigenvalue weighted by Gasteiger charge is -2.19. The van der Waals surface area contributed by atoms with Crippen molar-refractivity contribution in [3.63, 3.8) is 0 Å². The Morgan fingerprint density at radius 3 is 2.54 bits per heavy atom. The van der Waals surface area contributed by atoms with Crippen molar-refractivity contribution < 1.29 is 4.92 Å². The topological polar surface area (TPSA) is 98.8 Å². The van der Waals surface area contributed by atoms with Crippen molar-refractivity contribution in [1.82, 2.24) is 19.7 Å². The molecule has 0 spiro atoms. The van der Waals surface area contributed by atoms with Gasteiger partial charge in [-0.15, -0.1) is 0 Å². The number of halogens is 1. The summed E-state index contributed by atoms with van der Waals surface area (Å²) in [5, 5.41) is 18.6. The lowest BCUT2D eigenvalue weighted by molar-refractivity contribution is -0.385. The number of nitro groups is 1. The molecule has 1 N–H and O–H groups in total. The number of nitrogens with zero attached hydrogens (tertiary/aromatic N) is 5. The number of aromatic nitrogens is 4. The van der Waals surface area contributed by atoms with Gasteiger partial charge in [-0.1, -0.05) is 23.7 Å². The van der Waals surface area contributed by atoms with E-state index in [-0.39, 0.29) is 11.7 Å². The predicted molar refractivity (Wildman–Crippen MR) is 89.0 cm³/mol. The van der Waals surface area contributed by atoms with Crippen molar-refractivity contribution in [2.24, 2.45) is 0 Å². The molecule has 0 aliphatic rings. The maximum atomic E-state index is 10.6. The molecule has 0 fully saturated rings. The zero-order valence-corrected chi connectivity index (χ0v) is 13.2. The number of rotatable bonds is 6. The van der Waals surface area contributed by atoms with Crippen LogP contribution in [0, 0.1) is 10.1 Å². The van der Waals surface area contributed by atoms with Gasteiger partial charge in [0.1, 0.15) is 12.4 Å². The number of hydrogen-bond donors (Lipinski definition) is 1. The average molecular weight is 345 g/mol. The molecule has 1 atom stereocenters. The Hall–Kier alpha value is -3.00. The molecule has 0 amide bonds. The third-order valence-electron chi connectivity index (χ3n) is 3.40. The summed E-state index contributed by atoms with van der Waals surface area (Å²) in [6.07, 6.45) is 5.89. The highest BCUT2D eigenvalue weighted by Crippen LogP contribution is 2.20. The second-order valence-corrected chi connectivity index (χ2v) is 5.39. The predicted octanol–water partition coefficient (Wildman–Crippen LogP) is 2.94. The standard InChI is InChI=1S/C15H13ClN6O2/c16-12-4-2-11(3-5-12)14(21-7-1-6-20-21)10-19-15-17-8-13(9-18-15)22(23)24/h1-9,14H,10H2,(H,17,18,19). The summed E-state index contributed by atoms with van der Waals surface area (Å²) in [6.45, 7) is 0.459. The molecule has 0 bridgehead atoms. The molecule has 1 unspecified atom stereocenters. The summed E-state index contributed by atoms with van der Waals surface area (Å²) in [7, 11) is 0. The molecule has 3 aromatic rings. The van der Waals surface area contributed by atoms with Crippen molar-refractivity contribution in [1.29, 1.82) is 0 Å². The van der Waals surface area contributed by atoms with E-state index in [9.17, 15) is 10.1 Å². The van der Waals surface area contributed by atoms with Crippen LogP contribution in [0.25, 0.3) is 0 Å². The SMILES string of the molecule is O=[N+]([O-])c1cnc(NCC(c2ccc(Cl)cc2)n2cccn2)nc1. The highest BCUT2D eigenvalue weighted by Gasteiger charge is 2.15. The molecule has 0 aliphatic heterocycles. The minimum absolute atomic E-state index is 0.101. The van der Waals surface area contributed by atoms with Crippen LogP contribution in [0.3, 0.4) is 0 Å². The van der Waals surface area contributed by atoms with Crippen LogP contribution in [0.1, 0.15) is 11.6 Å². The molecular formula is C15H13ClN6O2. The quantitative estimate of drug-likeness (QED) is 0.545. The molecule has 8 nitrogen and oxygen atoms in total. The molecule has 0 saturated carbocycles. The summed E-state index contributed by atoms with van der Waals surface area (Å²) in [5.41, 5.74) is 0.861. The molecule has 9 heteroatoms. The van der Waals surface area contributed by atoms with Crippen LogP contribution in [-0.2, 0) is 0 Å². The maximum absolute atomic E-state index is 10.6. The number of benzene rings is 1. The van der Waals surface area contributed by atoms with Crippen molar-refractivity contribution >= 4 is 23.2 Å². The van der Waals surface area contributed by atoms with Gasteiger partial charge in [-0.25, -0.2) is 9.97 Å². The average Bonchev–Trinajstić information content (AvgIpc) is 3.11. The van der Waals surface area contributed by atoms with Crippen LogP contribution in [0.4, 0.5) is 11.6 Å². The minimum atomic E-state index is -0.538. The second kappa shape index (κ2) is 7.05. The van der Waals surface area contributed by atoms with Gasteiger partial charge in [0.15, 0.2) is 0 Å². The van der Waals surface area contributed by atoms with Crippen LogP contribution in [0.15, 0.2) is 55.1 Å². The van der Waals surface area contributed by atoms with Crippen LogP contribution in [-0.4, -0.2) is 31.2 Å². The van der Waals surface area contributed by atoms with Gasteiger partial charge < -0.3 is 5.32 Å². The highest BCUT2D eigenvalue weighted by molar-refractivity contribution is 6.30. The Kier molecular flexibility index (Phi) is 4.66. The van der Waals surface area contributed by atoms with E-state index < -0.39 is 4.92 Å². The van der Waals surface area contributed by atoms with E-state index in [1.807, 2.05) is 41.2 Å². The molecule has 1 aromatic carbocycles. The zero-order valence-electron chi connectivity index (χ0n) is 12.4. The Morgan fingerprint density at radius 1 is 1.25 bits per heavy atom. The fraction of sp³-hybridized carbons (Fsp3) is 0.133. The summed E-state index contributed by atoms with van der Waals surface area (Å²) < 4.78 is 1.81.